The number of rotatable bonds is 3. The van der Waals surface area contributed by atoms with Crippen molar-refractivity contribution >= 4 is 23.2 Å². The second-order valence-electron chi connectivity index (χ2n) is 3.69. The van der Waals surface area contributed by atoms with Gasteiger partial charge in [0.2, 0.25) is 0 Å². The molecule has 1 aromatic heterocycles. The average molecular weight is 268 g/mol. The molecule has 0 bridgehead atoms. The Morgan fingerprint density at radius 3 is 2.65 bits per heavy atom. The van der Waals surface area contributed by atoms with Gasteiger partial charge in [0.1, 0.15) is 17.5 Å². The van der Waals surface area contributed by atoms with E-state index in [0.717, 1.165) is 16.9 Å². The van der Waals surface area contributed by atoms with Crippen LogP contribution in [0.1, 0.15) is 11.1 Å². The standard InChI is InChI=1S/C13H11Cl2NO/c1-9-6-11(14)3-4-12(9)17-8-10-2-5-13(15)16-7-10/h2-7H,8H2,1H3. The second kappa shape index (κ2) is 5.39. The van der Waals surface area contributed by atoms with E-state index >= 15 is 0 Å². The van der Waals surface area contributed by atoms with Crippen molar-refractivity contribution in [2.24, 2.45) is 0 Å². The van der Waals surface area contributed by atoms with Gasteiger partial charge in [0.05, 0.1) is 0 Å². The largest absolute Gasteiger partial charge is 0.489 e. The fourth-order valence-corrected chi connectivity index (χ4v) is 1.77. The Bertz CT molecular complexity index is 511. The first kappa shape index (κ1) is 12.2. The van der Waals surface area contributed by atoms with E-state index in [0.29, 0.717) is 16.8 Å². The van der Waals surface area contributed by atoms with Crippen LogP contribution in [0.15, 0.2) is 36.5 Å². The summed E-state index contributed by atoms with van der Waals surface area (Å²) in [5.74, 6) is 0.823. The van der Waals surface area contributed by atoms with Crippen molar-refractivity contribution in [3.05, 3.63) is 57.8 Å². The number of pyridine rings is 1. The molecule has 0 amide bonds. The molecule has 0 aliphatic rings. The maximum atomic E-state index is 5.87. The lowest BCUT2D eigenvalue weighted by atomic mass is 10.2. The molecule has 1 heterocycles. The molecule has 2 rings (SSSR count). The van der Waals surface area contributed by atoms with Gasteiger partial charge in [0.25, 0.3) is 0 Å². The van der Waals surface area contributed by atoms with Crippen LogP contribution in [-0.2, 0) is 6.61 Å². The summed E-state index contributed by atoms with van der Waals surface area (Å²) in [5.41, 5.74) is 1.99. The predicted molar refractivity (Wildman–Crippen MR) is 69.8 cm³/mol. The van der Waals surface area contributed by atoms with Gasteiger partial charge in [0, 0.05) is 16.8 Å². The quantitative estimate of drug-likeness (QED) is 0.775. The Labute approximate surface area is 110 Å². The highest BCUT2D eigenvalue weighted by molar-refractivity contribution is 6.30. The summed E-state index contributed by atoms with van der Waals surface area (Å²) < 4.78 is 5.68. The van der Waals surface area contributed by atoms with Crippen LogP contribution in [0.3, 0.4) is 0 Å². The molecule has 88 valence electrons. The zero-order chi connectivity index (χ0) is 12.3. The number of benzene rings is 1. The molecule has 0 N–H and O–H groups in total. The van der Waals surface area contributed by atoms with Gasteiger partial charge < -0.3 is 4.74 Å². The Balaban J connectivity index is 2.04. The van der Waals surface area contributed by atoms with Crippen molar-refractivity contribution < 1.29 is 4.74 Å². The molecule has 0 unspecified atom stereocenters. The summed E-state index contributed by atoms with van der Waals surface area (Å²) >= 11 is 11.6. The summed E-state index contributed by atoms with van der Waals surface area (Å²) in [4.78, 5) is 3.99. The molecule has 0 radical (unpaired) electrons. The lowest BCUT2D eigenvalue weighted by Crippen LogP contribution is -1.97. The fraction of sp³-hybridized carbons (Fsp3) is 0.154. The molecule has 0 aliphatic carbocycles. The molecule has 0 spiro atoms. The minimum atomic E-state index is 0.465. The zero-order valence-electron chi connectivity index (χ0n) is 9.28. The molecule has 0 atom stereocenters. The minimum Gasteiger partial charge on any atom is -0.489 e. The fourth-order valence-electron chi connectivity index (χ4n) is 1.43. The van der Waals surface area contributed by atoms with Gasteiger partial charge in [0.15, 0.2) is 0 Å². The lowest BCUT2D eigenvalue weighted by molar-refractivity contribution is 0.303. The number of ether oxygens (including phenoxy) is 1. The molecule has 4 heteroatoms. The molecule has 2 nitrogen and oxygen atoms in total. The Morgan fingerprint density at radius 1 is 1.18 bits per heavy atom. The Morgan fingerprint density at radius 2 is 2.00 bits per heavy atom. The van der Waals surface area contributed by atoms with Crippen molar-refractivity contribution in [1.82, 2.24) is 4.98 Å². The van der Waals surface area contributed by atoms with Crippen LogP contribution in [0.4, 0.5) is 0 Å². The molecular weight excluding hydrogens is 257 g/mol. The first-order chi connectivity index (χ1) is 8.15. The van der Waals surface area contributed by atoms with Crippen LogP contribution in [0.2, 0.25) is 10.2 Å². The normalized spacial score (nSPS) is 10.3. The Hall–Kier alpha value is -1.25. The molecule has 2 aromatic rings. The zero-order valence-corrected chi connectivity index (χ0v) is 10.8. The smallest absolute Gasteiger partial charge is 0.129 e. The third-order valence-electron chi connectivity index (χ3n) is 2.32. The molecule has 0 aliphatic heterocycles. The molecule has 17 heavy (non-hydrogen) atoms. The van der Waals surface area contributed by atoms with Gasteiger partial charge in [-0.05, 0) is 36.8 Å². The van der Waals surface area contributed by atoms with E-state index in [1.807, 2.05) is 31.2 Å². The predicted octanol–water partition coefficient (Wildman–Crippen LogP) is 4.28. The van der Waals surface area contributed by atoms with Crippen molar-refractivity contribution in [3.63, 3.8) is 0 Å². The van der Waals surface area contributed by atoms with E-state index < -0.39 is 0 Å². The molecule has 0 fully saturated rings. The van der Waals surface area contributed by atoms with Crippen LogP contribution in [0.25, 0.3) is 0 Å². The number of nitrogens with zero attached hydrogens (tertiary/aromatic N) is 1. The summed E-state index contributed by atoms with van der Waals surface area (Å²) in [6.45, 7) is 2.42. The molecular formula is C13H11Cl2NO. The van der Waals surface area contributed by atoms with Crippen molar-refractivity contribution in [2.75, 3.05) is 0 Å². The van der Waals surface area contributed by atoms with Gasteiger partial charge in [-0.2, -0.15) is 0 Å². The Kier molecular flexibility index (Phi) is 3.87. The third kappa shape index (κ3) is 3.35. The SMILES string of the molecule is Cc1cc(Cl)ccc1OCc1ccc(Cl)nc1. The van der Waals surface area contributed by atoms with E-state index in [1.54, 1.807) is 12.3 Å². The molecule has 0 saturated carbocycles. The van der Waals surface area contributed by atoms with Crippen molar-refractivity contribution in [1.29, 1.82) is 0 Å². The molecule has 0 saturated heterocycles. The van der Waals surface area contributed by atoms with E-state index in [9.17, 15) is 0 Å². The monoisotopic (exact) mass is 267 g/mol. The number of aryl methyl sites for hydroxylation is 1. The van der Waals surface area contributed by atoms with Crippen LogP contribution >= 0.6 is 23.2 Å². The van der Waals surface area contributed by atoms with E-state index in [2.05, 4.69) is 4.98 Å². The number of hydrogen-bond donors (Lipinski definition) is 0. The van der Waals surface area contributed by atoms with Crippen LogP contribution in [0.5, 0.6) is 5.75 Å². The topological polar surface area (TPSA) is 22.1 Å². The lowest BCUT2D eigenvalue weighted by Gasteiger charge is -2.09. The third-order valence-corrected chi connectivity index (χ3v) is 2.78. The van der Waals surface area contributed by atoms with Crippen LogP contribution < -0.4 is 4.74 Å². The maximum absolute atomic E-state index is 5.87. The van der Waals surface area contributed by atoms with Crippen LogP contribution in [0, 0.1) is 6.92 Å². The van der Waals surface area contributed by atoms with E-state index in [4.69, 9.17) is 27.9 Å². The van der Waals surface area contributed by atoms with Gasteiger partial charge >= 0.3 is 0 Å². The maximum Gasteiger partial charge on any atom is 0.129 e. The van der Waals surface area contributed by atoms with E-state index in [1.165, 1.54) is 0 Å². The minimum absolute atomic E-state index is 0.465. The number of aromatic nitrogens is 1. The van der Waals surface area contributed by atoms with Gasteiger partial charge in [-0.3, -0.25) is 0 Å². The first-order valence-corrected chi connectivity index (χ1v) is 5.90. The summed E-state index contributed by atoms with van der Waals surface area (Å²) in [6, 6.07) is 9.18. The van der Waals surface area contributed by atoms with E-state index in [-0.39, 0.29) is 0 Å². The second-order valence-corrected chi connectivity index (χ2v) is 4.51. The summed E-state index contributed by atoms with van der Waals surface area (Å²) in [6.07, 6.45) is 1.70. The highest BCUT2D eigenvalue weighted by atomic mass is 35.5. The van der Waals surface area contributed by atoms with Gasteiger partial charge in [-0.25, -0.2) is 4.98 Å². The van der Waals surface area contributed by atoms with Crippen LogP contribution in [-0.4, -0.2) is 4.98 Å². The number of halogens is 2. The number of hydrogen-bond acceptors (Lipinski definition) is 2. The molecule has 1 aromatic carbocycles. The summed E-state index contributed by atoms with van der Waals surface area (Å²) in [5, 5.41) is 1.19. The highest BCUT2D eigenvalue weighted by Crippen LogP contribution is 2.22. The average Bonchev–Trinajstić information content (AvgIpc) is 2.30. The van der Waals surface area contributed by atoms with Gasteiger partial charge in [-0.15, -0.1) is 0 Å². The van der Waals surface area contributed by atoms with Crippen molar-refractivity contribution in [2.45, 2.75) is 13.5 Å². The van der Waals surface area contributed by atoms with Crippen molar-refractivity contribution in [3.8, 4) is 5.75 Å². The highest BCUT2D eigenvalue weighted by Gasteiger charge is 2.01. The summed E-state index contributed by atoms with van der Waals surface area (Å²) in [7, 11) is 0. The first-order valence-electron chi connectivity index (χ1n) is 5.14. The van der Waals surface area contributed by atoms with Gasteiger partial charge in [-0.1, -0.05) is 29.3 Å².